The lowest BCUT2D eigenvalue weighted by molar-refractivity contribution is -0.185. The van der Waals surface area contributed by atoms with Gasteiger partial charge in [-0.25, -0.2) is 0 Å². The second-order valence-electron chi connectivity index (χ2n) is 3.28. The zero-order valence-corrected chi connectivity index (χ0v) is 7.32. The maximum absolute atomic E-state index is 5.63. The SMILES string of the molecule is C[C@@H]1CCOC(C2=CCC=C2)O1. The highest BCUT2D eigenvalue weighted by Gasteiger charge is 2.22. The van der Waals surface area contributed by atoms with E-state index in [2.05, 4.69) is 25.2 Å². The molecule has 0 aromatic heterocycles. The molecule has 2 aliphatic rings. The molecule has 1 aliphatic heterocycles. The monoisotopic (exact) mass is 166 g/mol. The smallest absolute Gasteiger partial charge is 0.183 e. The second-order valence-corrected chi connectivity index (χ2v) is 3.28. The van der Waals surface area contributed by atoms with Crippen molar-refractivity contribution in [3.63, 3.8) is 0 Å². The summed E-state index contributed by atoms with van der Waals surface area (Å²) in [6.45, 7) is 2.91. The zero-order valence-electron chi connectivity index (χ0n) is 7.32. The minimum absolute atomic E-state index is 0.104. The highest BCUT2D eigenvalue weighted by Crippen LogP contribution is 2.22. The van der Waals surface area contributed by atoms with Crippen LogP contribution in [0.15, 0.2) is 23.8 Å². The quantitative estimate of drug-likeness (QED) is 0.593. The van der Waals surface area contributed by atoms with Crippen LogP contribution in [0.5, 0.6) is 0 Å². The second kappa shape index (κ2) is 3.42. The highest BCUT2D eigenvalue weighted by molar-refractivity contribution is 5.28. The molecule has 0 bridgehead atoms. The largest absolute Gasteiger partial charge is 0.348 e. The summed E-state index contributed by atoms with van der Waals surface area (Å²) in [5.74, 6) is 0. The zero-order chi connectivity index (χ0) is 8.39. The minimum atomic E-state index is -0.104. The summed E-state index contributed by atoms with van der Waals surface area (Å²) in [7, 11) is 0. The normalized spacial score (nSPS) is 35.2. The van der Waals surface area contributed by atoms with Gasteiger partial charge in [-0.05, 0) is 19.8 Å². The summed E-state index contributed by atoms with van der Waals surface area (Å²) < 4.78 is 11.1. The molecular formula is C10H14O2. The van der Waals surface area contributed by atoms with Crippen LogP contribution < -0.4 is 0 Å². The van der Waals surface area contributed by atoms with Gasteiger partial charge in [0.05, 0.1) is 12.7 Å². The lowest BCUT2D eigenvalue weighted by Gasteiger charge is -2.28. The van der Waals surface area contributed by atoms with Crippen molar-refractivity contribution in [1.82, 2.24) is 0 Å². The molecule has 0 amide bonds. The lowest BCUT2D eigenvalue weighted by Crippen LogP contribution is -2.31. The van der Waals surface area contributed by atoms with E-state index in [1.54, 1.807) is 0 Å². The van der Waals surface area contributed by atoms with Crippen molar-refractivity contribution in [2.75, 3.05) is 6.61 Å². The number of allylic oxidation sites excluding steroid dienone is 2. The Labute approximate surface area is 72.9 Å². The predicted molar refractivity (Wildman–Crippen MR) is 46.7 cm³/mol. The molecule has 0 spiro atoms. The first kappa shape index (κ1) is 8.02. The van der Waals surface area contributed by atoms with Gasteiger partial charge in [-0.2, -0.15) is 0 Å². The van der Waals surface area contributed by atoms with E-state index < -0.39 is 0 Å². The van der Waals surface area contributed by atoms with Gasteiger partial charge >= 0.3 is 0 Å². The Bertz CT molecular complexity index is 218. The van der Waals surface area contributed by atoms with Crippen molar-refractivity contribution in [3.8, 4) is 0 Å². The lowest BCUT2D eigenvalue weighted by atomic mass is 10.2. The van der Waals surface area contributed by atoms with Crippen LogP contribution in [0.25, 0.3) is 0 Å². The third-order valence-electron chi connectivity index (χ3n) is 2.22. The Hall–Kier alpha value is -0.600. The van der Waals surface area contributed by atoms with Crippen LogP contribution in [0, 0.1) is 0 Å². The molecule has 2 heteroatoms. The van der Waals surface area contributed by atoms with Gasteiger partial charge in [0.25, 0.3) is 0 Å². The Morgan fingerprint density at radius 2 is 2.42 bits per heavy atom. The van der Waals surface area contributed by atoms with Crippen LogP contribution in [0.3, 0.4) is 0 Å². The third-order valence-corrected chi connectivity index (χ3v) is 2.22. The molecule has 12 heavy (non-hydrogen) atoms. The van der Waals surface area contributed by atoms with E-state index >= 15 is 0 Å². The van der Waals surface area contributed by atoms with E-state index in [0.717, 1.165) is 19.4 Å². The van der Waals surface area contributed by atoms with Gasteiger partial charge in [-0.1, -0.05) is 18.2 Å². The van der Waals surface area contributed by atoms with Gasteiger partial charge in [0.15, 0.2) is 6.29 Å². The fourth-order valence-electron chi connectivity index (χ4n) is 1.49. The summed E-state index contributed by atoms with van der Waals surface area (Å²) in [6, 6.07) is 0. The molecule has 0 aromatic rings. The summed E-state index contributed by atoms with van der Waals surface area (Å²) in [5, 5.41) is 0. The molecule has 0 radical (unpaired) electrons. The topological polar surface area (TPSA) is 18.5 Å². The van der Waals surface area contributed by atoms with Gasteiger partial charge in [0, 0.05) is 5.57 Å². The van der Waals surface area contributed by atoms with Gasteiger partial charge < -0.3 is 9.47 Å². The van der Waals surface area contributed by atoms with Crippen LogP contribution in [-0.2, 0) is 9.47 Å². The van der Waals surface area contributed by atoms with Crippen molar-refractivity contribution in [2.45, 2.75) is 32.2 Å². The first-order valence-electron chi connectivity index (χ1n) is 4.50. The van der Waals surface area contributed by atoms with Crippen LogP contribution in [-0.4, -0.2) is 19.0 Å². The molecular weight excluding hydrogens is 152 g/mol. The van der Waals surface area contributed by atoms with Crippen LogP contribution >= 0.6 is 0 Å². The molecule has 1 aliphatic carbocycles. The summed E-state index contributed by atoms with van der Waals surface area (Å²) in [6.07, 6.45) is 8.62. The van der Waals surface area contributed by atoms with Crippen molar-refractivity contribution in [1.29, 1.82) is 0 Å². The fraction of sp³-hybridized carbons (Fsp3) is 0.600. The first-order valence-corrected chi connectivity index (χ1v) is 4.50. The summed E-state index contributed by atoms with van der Waals surface area (Å²) in [5.41, 5.74) is 1.18. The van der Waals surface area contributed by atoms with Crippen LogP contribution in [0.1, 0.15) is 19.8 Å². The van der Waals surface area contributed by atoms with E-state index in [9.17, 15) is 0 Å². The molecule has 2 rings (SSSR count). The van der Waals surface area contributed by atoms with Crippen molar-refractivity contribution >= 4 is 0 Å². The van der Waals surface area contributed by atoms with Crippen LogP contribution in [0.4, 0.5) is 0 Å². The molecule has 66 valence electrons. The number of rotatable bonds is 1. The number of ether oxygens (including phenoxy) is 2. The van der Waals surface area contributed by atoms with Gasteiger partial charge in [-0.15, -0.1) is 0 Å². The van der Waals surface area contributed by atoms with E-state index in [1.807, 2.05) is 0 Å². The van der Waals surface area contributed by atoms with E-state index in [4.69, 9.17) is 9.47 Å². The third kappa shape index (κ3) is 1.59. The average molecular weight is 166 g/mol. The molecule has 0 saturated carbocycles. The van der Waals surface area contributed by atoms with Gasteiger partial charge in [0.2, 0.25) is 0 Å². The molecule has 1 saturated heterocycles. The number of hydrogen-bond acceptors (Lipinski definition) is 2. The van der Waals surface area contributed by atoms with Gasteiger partial charge in [0.1, 0.15) is 0 Å². The van der Waals surface area contributed by atoms with Crippen molar-refractivity contribution < 1.29 is 9.47 Å². The van der Waals surface area contributed by atoms with Crippen LogP contribution in [0.2, 0.25) is 0 Å². The van der Waals surface area contributed by atoms with Crippen molar-refractivity contribution in [2.24, 2.45) is 0 Å². The molecule has 0 N–H and O–H groups in total. The molecule has 0 aromatic carbocycles. The Morgan fingerprint density at radius 1 is 1.50 bits per heavy atom. The molecule has 1 fully saturated rings. The predicted octanol–water partition coefficient (Wildman–Crippen LogP) is 2.02. The van der Waals surface area contributed by atoms with E-state index in [1.165, 1.54) is 5.57 Å². The Morgan fingerprint density at radius 3 is 3.08 bits per heavy atom. The average Bonchev–Trinajstić information content (AvgIpc) is 2.56. The fourth-order valence-corrected chi connectivity index (χ4v) is 1.49. The maximum atomic E-state index is 5.63. The number of hydrogen-bond donors (Lipinski definition) is 0. The Balaban J connectivity index is 1.98. The van der Waals surface area contributed by atoms with Gasteiger partial charge in [-0.3, -0.25) is 0 Å². The first-order chi connectivity index (χ1) is 5.86. The molecule has 2 atom stereocenters. The summed E-state index contributed by atoms with van der Waals surface area (Å²) in [4.78, 5) is 0. The van der Waals surface area contributed by atoms with Crippen molar-refractivity contribution in [3.05, 3.63) is 23.8 Å². The molecule has 1 heterocycles. The standard InChI is InChI=1S/C10H14O2/c1-8-6-7-11-10(12-8)9-4-2-3-5-9/h2,4-5,8,10H,3,6-7H2,1H3/t8-,10?/m1/s1. The highest BCUT2D eigenvalue weighted by atomic mass is 16.7. The maximum Gasteiger partial charge on any atom is 0.183 e. The Kier molecular flexibility index (Phi) is 2.28. The molecule has 1 unspecified atom stereocenters. The van der Waals surface area contributed by atoms with E-state index in [-0.39, 0.29) is 6.29 Å². The summed E-state index contributed by atoms with van der Waals surface area (Å²) >= 11 is 0. The molecule has 2 nitrogen and oxygen atoms in total. The minimum Gasteiger partial charge on any atom is -0.348 e. The van der Waals surface area contributed by atoms with E-state index in [0.29, 0.717) is 6.10 Å².